The van der Waals surface area contributed by atoms with Crippen molar-refractivity contribution in [3.63, 3.8) is 0 Å². The Balaban J connectivity index is 1.45. The molecular formula is C40H52N10O4. The molecule has 0 aliphatic carbocycles. The number of rotatable bonds is 15. The molecule has 8 N–H and O–H groups in total. The van der Waals surface area contributed by atoms with Crippen LogP contribution in [0.15, 0.2) is 73.1 Å². The van der Waals surface area contributed by atoms with Crippen molar-refractivity contribution in [2.75, 3.05) is 23.7 Å². The third-order valence-corrected chi connectivity index (χ3v) is 8.97. The highest BCUT2D eigenvalue weighted by Gasteiger charge is 2.24. The number of hydrogen-bond acceptors (Lipinski definition) is 6. The molecule has 4 rings (SSSR count). The minimum atomic E-state index is -0.409. The third-order valence-electron chi connectivity index (χ3n) is 8.97. The van der Waals surface area contributed by atoms with Gasteiger partial charge in [-0.15, -0.1) is 0 Å². The molecule has 0 radical (unpaired) electrons. The standard InChI is InChI=1S/C40H52N10O4/c1-7-49(39(41)42)37(53)33-21-31(23-47(33)19-17-25(3)4)45-35(51)29-13-9-27(10-14-29)28-11-15-30(16-12-28)36(52)46-32-22-34(38(54)50(8-2)40(43)44)48(24-32)20-18-26(5)6/h9-16,21-26H,7-8,17-20H2,1-6H3,(H3,41,42)(H3,43,44)(H,45,51)(H,46,52). The lowest BCUT2D eigenvalue weighted by Gasteiger charge is -2.19. The SMILES string of the molecule is CCN(C(=N)N)C(=O)c1cc(NC(=O)c2ccc(-c3ccc(C(=O)Nc4cc(C(=O)N(CC)C(=N)N)n(CCC(C)C)c4)cc3)cc2)cn1CCC(C)C. The van der Waals surface area contributed by atoms with E-state index >= 15 is 0 Å². The van der Waals surface area contributed by atoms with Crippen molar-refractivity contribution < 1.29 is 19.2 Å². The number of carbonyl (C=O) groups excluding carboxylic acids is 4. The van der Waals surface area contributed by atoms with E-state index in [1.165, 1.54) is 9.80 Å². The molecule has 0 unspecified atom stereocenters. The van der Waals surface area contributed by atoms with Gasteiger partial charge in [-0.25, -0.2) is 0 Å². The molecule has 0 bridgehead atoms. The van der Waals surface area contributed by atoms with Crippen molar-refractivity contribution in [3.8, 4) is 11.1 Å². The summed E-state index contributed by atoms with van der Waals surface area (Å²) in [4.78, 5) is 55.3. The second kappa shape index (κ2) is 18.0. The van der Waals surface area contributed by atoms with Gasteiger partial charge in [-0.1, -0.05) is 52.0 Å². The zero-order chi connectivity index (χ0) is 39.7. The number of nitrogens with two attached hydrogens (primary N) is 2. The van der Waals surface area contributed by atoms with Gasteiger partial charge >= 0.3 is 0 Å². The number of benzene rings is 2. The minimum absolute atomic E-state index is 0.243. The fourth-order valence-corrected chi connectivity index (χ4v) is 5.84. The Bertz CT molecular complexity index is 1850. The number of aromatic nitrogens is 2. The van der Waals surface area contributed by atoms with Crippen LogP contribution in [0.1, 0.15) is 96.1 Å². The lowest BCUT2D eigenvalue weighted by Crippen LogP contribution is -2.41. The summed E-state index contributed by atoms with van der Waals surface area (Å²) in [5.74, 6) is -1.41. The molecule has 0 saturated carbocycles. The van der Waals surface area contributed by atoms with Crippen LogP contribution in [-0.2, 0) is 13.1 Å². The molecule has 4 aromatic rings. The first-order chi connectivity index (χ1) is 25.6. The number of anilines is 2. The molecule has 0 aliphatic heterocycles. The zero-order valence-electron chi connectivity index (χ0n) is 31.9. The summed E-state index contributed by atoms with van der Waals surface area (Å²) >= 11 is 0. The van der Waals surface area contributed by atoms with E-state index in [1.54, 1.807) is 71.8 Å². The van der Waals surface area contributed by atoms with Gasteiger partial charge < -0.3 is 31.2 Å². The van der Waals surface area contributed by atoms with Crippen molar-refractivity contribution in [1.82, 2.24) is 18.9 Å². The summed E-state index contributed by atoms with van der Waals surface area (Å²) in [6, 6.07) is 17.3. The number of amides is 4. The quantitative estimate of drug-likeness (QED) is 0.0612. The van der Waals surface area contributed by atoms with Crippen LogP contribution in [0.25, 0.3) is 11.1 Å². The number of hydrogen-bond donors (Lipinski definition) is 6. The van der Waals surface area contributed by atoms with Crippen LogP contribution in [0.2, 0.25) is 0 Å². The lowest BCUT2D eigenvalue weighted by atomic mass is 10.0. The third kappa shape index (κ3) is 10.0. The van der Waals surface area contributed by atoms with Crippen LogP contribution < -0.4 is 22.1 Å². The summed E-state index contributed by atoms with van der Waals surface area (Å²) in [6.07, 6.45) is 5.09. The molecule has 4 amide bonds. The number of carbonyl (C=O) groups is 4. The number of guanidine groups is 2. The molecule has 54 heavy (non-hydrogen) atoms. The van der Waals surface area contributed by atoms with Crippen molar-refractivity contribution >= 4 is 46.9 Å². The summed E-state index contributed by atoms with van der Waals surface area (Å²) in [6.45, 7) is 13.5. The highest BCUT2D eigenvalue weighted by molar-refractivity contribution is 6.08. The van der Waals surface area contributed by atoms with Crippen LogP contribution in [0.4, 0.5) is 11.4 Å². The van der Waals surface area contributed by atoms with E-state index in [4.69, 9.17) is 22.3 Å². The fraction of sp³-hybridized carbons (Fsp3) is 0.350. The van der Waals surface area contributed by atoms with Crippen LogP contribution in [0, 0.1) is 22.7 Å². The van der Waals surface area contributed by atoms with Gasteiger partial charge in [0.1, 0.15) is 11.4 Å². The van der Waals surface area contributed by atoms with E-state index in [9.17, 15) is 19.2 Å². The van der Waals surface area contributed by atoms with Crippen LogP contribution >= 0.6 is 0 Å². The summed E-state index contributed by atoms with van der Waals surface area (Å²) < 4.78 is 3.57. The Hall–Kier alpha value is -6.18. The molecule has 286 valence electrons. The molecule has 14 heteroatoms. The van der Waals surface area contributed by atoms with Crippen molar-refractivity contribution in [2.45, 2.75) is 67.5 Å². The maximum Gasteiger partial charge on any atom is 0.277 e. The van der Waals surface area contributed by atoms with Gasteiger partial charge in [0, 0.05) is 49.7 Å². The number of aryl methyl sites for hydroxylation is 2. The van der Waals surface area contributed by atoms with E-state index in [2.05, 4.69) is 38.3 Å². The monoisotopic (exact) mass is 736 g/mol. The number of nitrogens with one attached hydrogen (secondary N) is 4. The van der Waals surface area contributed by atoms with Gasteiger partial charge in [-0.2, -0.15) is 0 Å². The summed E-state index contributed by atoms with van der Waals surface area (Å²) in [5, 5.41) is 21.3. The molecule has 14 nitrogen and oxygen atoms in total. The predicted octanol–water partition coefficient (Wildman–Crippen LogP) is 6.26. The Kier molecular flexibility index (Phi) is 13.6. The Labute approximate surface area is 316 Å². The highest BCUT2D eigenvalue weighted by atomic mass is 16.2. The smallest absolute Gasteiger partial charge is 0.277 e. The maximum absolute atomic E-state index is 13.2. The topological polar surface area (TPSA) is 208 Å². The van der Waals surface area contributed by atoms with Gasteiger partial charge in [0.05, 0.1) is 11.4 Å². The van der Waals surface area contributed by atoms with E-state index in [1.807, 2.05) is 24.3 Å². The molecule has 0 atom stereocenters. The van der Waals surface area contributed by atoms with Gasteiger partial charge in [0.15, 0.2) is 11.9 Å². The van der Waals surface area contributed by atoms with Gasteiger partial charge in [-0.05, 0) is 86.1 Å². The first-order valence-electron chi connectivity index (χ1n) is 18.2. The van der Waals surface area contributed by atoms with Crippen molar-refractivity contribution in [1.29, 1.82) is 10.8 Å². The van der Waals surface area contributed by atoms with Gasteiger partial charge in [0.25, 0.3) is 23.6 Å². The van der Waals surface area contributed by atoms with Crippen molar-refractivity contribution in [2.24, 2.45) is 23.3 Å². The van der Waals surface area contributed by atoms with Crippen LogP contribution in [-0.4, -0.2) is 67.6 Å². The van der Waals surface area contributed by atoms with E-state index < -0.39 is 11.8 Å². The molecule has 2 aromatic heterocycles. The average Bonchev–Trinajstić information content (AvgIpc) is 3.73. The molecule has 0 saturated heterocycles. The Morgan fingerprint density at radius 1 is 0.630 bits per heavy atom. The molecule has 0 spiro atoms. The minimum Gasteiger partial charge on any atom is -0.370 e. The molecule has 0 fully saturated rings. The largest absolute Gasteiger partial charge is 0.370 e. The fourth-order valence-electron chi connectivity index (χ4n) is 5.84. The molecule has 2 heterocycles. The molecule has 2 aromatic carbocycles. The van der Waals surface area contributed by atoms with Crippen molar-refractivity contribution in [3.05, 3.63) is 95.6 Å². The normalized spacial score (nSPS) is 11.0. The van der Waals surface area contributed by atoms with E-state index in [0.717, 1.165) is 24.0 Å². The maximum atomic E-state index is 13.2. The van der Waals surface area contributed by atoms with Gasteiger partial charge in [0.2, 0.25) is 0 Å². The van der Waals surface area contributed by atoms with Crippen LogP contribution in [0.5, 0.6) is 0 Å². The average molecular weight is 737 g/mol. The Morgan fingerprint density at radius 3 is 1.24 bits per heavy atom. The second-order valence-corrected chi connectivity index (χ2v) is 13.9. The summed E-state index contributed by atoms with van der Waals surface area (Å²) in [5.41, 5.74) is 15.4. The molecular weight excluding hydrogens is 685 g/mol. The zero-order valence-corrected chi connectivity index (χ0v) is 31.9. The first-order valence-corrected chi connectivity index (χ1v) is 18.2. The predicted molar refractivity (Wildman–Crippen MR) is 213 cm³/mol. The first kappa shape index (κ1) is 40.6. The second-order valence-electron chi connectivity index (χ2n) is 13.9. The summed E-state index contributed by atoms with van der Waals surface area (Å²) in [7, 11) is 0. The van der Waals surface area contributed by atoms with Crippen LogP contribution in [0.3, 0.4) is 0 Å². The highest BCUT2D eigenvalue weighted by Crippen LogP contribution is 2.24. The Morgan fingerprint density at radius 2 is 0.963 bits per heavy atom. The molecule has 0 aliphatic rings. The number of nitrogens with zero attached hydrogens (tertiary/aromatic N) is 4. The van der Waals surface area contributed by atoms with Gasteiger partial charge in [-0.3, -0.25) is 39.8 Å². The van der Waals surface area contributed by atoms with E-state index in [0.29, 0.717) is 58.8 Å². The lowest BCUT2D eigenvalue weighted by molar-refractivity contribution is 0.0831. The van der Waals surface area contributed by atoms with E-state index in [-0.39, 0.29) is 36.8 Å².